The van der Waals surface area contributed by atoms with E-state index in [0.29, 0.717) is 15.8 Å². The molecule has 0 amide bonds. The van der Waals surface area contributed by atoms with Crippen LogP contribution in [0.1, 0.15) is 18.9 Å². The van der Waals surface area contributed by atoms with E-state index in [0.717, 1.165) is 24.2 Å². The zero-order valence-electron chi connectivity index (χ0n) is 11.3. The van der Waals surface area contributed by atoms with Crippen molar-refractivity contribution in [2.45, 2.75) is 25.8 Å². The summed E-state index contributed by atoms with van der Waals surface area (Å²) in [6, 6.07) is 13.4. The van der Waals surface area contributed by atoms with Gasteiger partial charge in [0, 0.05) is 6.04 Å². The minimum atomic E-state index is 0.167. The summed E-state index contributed by atoms with van der Waals surface area (Å²) in [5.74, 6) is 1.28. The molecule has 0 saturated carbocycles. The Bertz CT molecular complexity index is 586. The van der Waals surface area contributed by atoms with Gasteiger partial charge in [0.05, 0.1) is 5.02 Å². The molecule has 0 aliphatic carbocycles. The fourth-order valence-corrected chi connectivity index (χ4v) is 2.20. The number of ether oxygens (including phenoxy) is 1. The molecule has 4 heteroatoms. The molecule has 2 nitrogen and oxygen atoms in total. The molecule has 2 rings (SSSR count). The summed E-state index contributed by atoms with van der Waals surface area (Å²) < 4.78 is 5.79. The molecule has 2 aromatic rings. The standard InChI is InChI=1S/C16H17Cl2NO/c1-2-12(19)9-11-5-3-6-13(10-11)20-15-8-4-7-14(17)16(15)18/h3-8,10,12H,2,9,19H2,1H3. The minimum Gasteiger partial charge on any atom is -0.456 e. The summed E-state index contributed by atoms with van der Waals surface area (Å²) in [5.41, 5.74) is 7.12. The molecule has 0 bridgehead atoms. The van der Waals surface area contributed by atoms with Gasteiger partial charge in [-0.3, -0.25) is 0 Å². The predicted octanol–water partition coefficient (Wildman–Crippen LogP) is 5.07. The molecule has 0 saturated heterocycles. The first-order valence-electron chi connectivity index (χ1n) is 6.56. The summed E-state index contributed by atoms with van der Waals surface area (Å²) >= 11 is 12.1. The lowest BCUT2D eigenvalue weighted by Crippen LogP contribution is -2.21. The first kappa shape index (κ1) is 15.2. The highest BCUT2D eigenvalue weighted by Crippen LogP contribution is 2.34. The van der Waals surface area contributed by atoms with E-state index >= 15 is 0 Å². The van der Waals surface area contributed by atoms with Gasteiger partial charge < -0.3 is 10.5 Å². The predicted molar refractivity (Wildman–Crippen MR) is 84.9 cm³/mol. The van der Waals surface area contributed by atoms with Crippen LogP contribution in [-0.2, 0) is 6.42 Å². The number of rotatable bonds is 5. The van der Waals surface area contributed by atoms with E-state index in [9.17, 15) is 0 Å². The minimum absolute atomic E-state index is 0.167. The van der Waals surface area contributed by atoms with Crippen molar-refractivity contribution in [1.82, 2.24) is 0 Å². The van der Waals surface area contributed by atoms with Gasteiger partial charge in [0.15, 0.2) is 0 Å². The quantitative estimate of drug-likeness (QED) is 0.837. The van der Waals surface area contributed by atoms with E-state index < -0.39 is 0 Å². The SMILES string of the molecule is CCC(N)Cc1cccc(Oc2cccc(Cl)c2Cl)c1. The number of benzene rings is 2. The Morgan fingerprint density at radius 1 is 1.15 bits per heavy atom. The Hall–Kier alpha value is -1.22. The van der Waals surface area contributed by atoms with Crippen LogP contribution in [0, 0.1) is 0 Å². The van der Waals surface area contributed by atoms with Gasteiger partial charge in [0.25, 0.3) is 0 Å². The lowest BCUT2D eigenvalue weighted by Gasteiger charge is -2.12. The summed E-state index contributed by atoms with van der Waals surface area (Å²) in [7, 11) is 0. The fourth-order valence-electron chi connectivity index (χ4n) is 1.87. The number of hydrogen-bond acceptors (Lipinski definition) is 2. The highest BCUT2D eigenvalue weighted by atomic mass is 35.5. The van der Waals surface area contributed by atoms with Crippen LogP contribution >= 0.6 is 23.2 Å². The van der Waals surface area contributed by atoms with Gasteiger partial charge in [-0.05, 0) is 42.7 Å². The maximum Gasteiger partial charge on any atom is 0.147 e. The van der Waals surface area contributed by atoms with Crippen molar-refractivity contribution >= 4 is 23.2 Å². The largest absolute Gasteiger partial charge is 0.456 e. The third-order valence-corrected chi connectivity index (χ3v) is 3.87. The molecule has 1 unspecified atom stereocenters. The molecule has 0 aliphatic heterocycles. The average molecular weight is 310 g/mol. The van der Waals surface area contributed by atoms with Crippen molar-refractivity contribution < 1.29 is 4.74 Å². The van der Waals surface area contributed by atoms with Crippen molar-refractivity contribution in [2.24, 2.45) is 5.73 Å². The second-order valence-electron chi connectivity index (χ2n) is 4.67. The van der Waals surface area contributed by atoms with Crippen LogP contribution in [-0.4, -0.2) is 6.04 Å². The Kier molecular flexibility index (Phi) is 5.30. The van der Waals surface area contributed by atoms with Crippen LogP contribution in [0.2, 0.25) is 10.0 Å². The average Bonchev–Trinajstić information content (AvgIpc) is 2.44. The molecule has 0 radical (unpaired) electrons. The van der Waals surface area contributed by atoms with Gasteiger partial charge in [-0.25, -0.2) is 0 Å². The highest BCUT2D eigenvalue weighted by Gasteiger charge is 2.08. The second-order valence-corrected chi connectivity index (χ2v) is 5.46. The van der Waals surface area contributed by atoms with Gasteiger partial charge in [0.1, 0.15) is 16.5 Å². The van der Waals surface area contributed by atoms with Crippen LogP contribution in [0.5, 0.6) is 11.5 Å². The normalized spacial score (nSPS) is 12.2. The molecular weight excluding hydrogens is 293 g/mol. The van der Waals surface area contributed by atoms with Gasteiger partial charge in [0.2, 0.25) is 0 Å². The molecule has 106 valence electrons. The maximum absolute atomic E-state index is 6.11. The molecule has 2 N–H and O–H groups in total. The Balaban J connectivity index is 2.17. The molecule has 0 fully saturated rings. The molecule has 0 heterocycles. The van der Waals surface area contributed by atoms with E-state index in [1.54, 1.807) is 18.2 Å². The summed E-state index contributed by atoms with van der Waals surface area (Å²) in [4.78, 5) is 0. The monoisotopic (exact) mass is 309 g/mol. The van der Waals surface area contributed by atoms with Crippen molar-refractivity contribution in [1.29, 1.82) is 0 Å². The summed E-state index contributed by atoms with van der Waals surface area (Å²) in [6.45, 7) is 2.08. The van der Waals surface area contributed by atoms with Crippen molar-refractivity contribution in [3.05, 3.63) is 58.1 Å². The second kappa shape index (κ2) is 6.98. The van der Waals surface area contributed by atoms with E-state index in [-0.39, 0.29) is 6.04 Å². The number of nitrogens with two attached hydrogens (primary N) is 1. The lowest BCUT2D eigenvalue weighted by atomic mass is 10.0. The Morgan fingerprint density at radius 2 is 1.90 bits per heavy atom. The van der Waals surface area contributed by atoms with Crippen LogP contribution in [0.3, 0.4) is 0 Å². The highest BCUT2D eigenvalue weighted by molar-refractivity contribution is 6.42. The zero-order valence-corrected chi connectivity index (χ0v) is 12.8. The molecule has 0 spiro atoms. The van der Waals surface area contributed by atoms with E-state index in [2.05, 4.69) is 6.92 Å². The smallest absolute Gasteiger partial charge is 0.147 e. The van der Waals surface area contributed by atoms with Crippen LogP contribution < -0.4 is 10.5 Å². The lowest BCUT2D eigenvalue weighted by molar-refractivity contribution is 0.482. The van der Waals surface area contributed by atoms with E-state index in [1.165, 1.54) is 0 Å². The zero-order chi connectivity index (χ0) is 14.5. The Labute approximate surface area is 129 Å². The third-order valence-electron chi connectivity index (χ3n) is 3.06. The van der Waals surface area contributed by atoms with Gasteiger partial charge in [-0.1, -0.05) is 48.3 Å². The fraction of sp³-hybridized carbons (Fsp3) is 0.250. The first-order chi connectivity index (χ1) is 9.60. The van der Waals surface area contributed by atoms with Crippen molar-refractivity contribution in [2.75, 3.05) is 0 Å². The number of hydrogen-bond donors (Lipinski definition) is 1. The molecular formula is C16H17Cl2NO. The topological polar surface area (TPSA) is 35.2 Å². The van der Waals surface area contributed by atoms with E-state index in [4.69, 9.17) is 33.7 Å². The van der Waals surface area contributed by atoms with Crippen molar-refractivity contribution in [3.8, 4) is 11.5 Å². The van der Waals surface area contributed by atoms with Gasteiger partial charge >= 0.3 is 0 Å². The van der Waals surface area contributed by atoms with Crippen LogP contribution in [0.25, 0.3) is 0 Å². The number of halogens is 2. The first-order valence-corrected chi connectivity index (χ1v) is 7.32. The maximum atomic E-state index is 6.11. The summed E-state index contributed by atoms with van der Waals surface area (Å²) in [6.07, 6.45) is 1.78. The Morgan fingerprint density at radius 3 is 2.65 bits per heavy atom. The molecule has 2 aromatic carbocycles. The van der Waals surface area contributed by atoms with Gasteiger partial charge in [-0.15, -0.1) is 0 Å². The van der Waals surface area contributed by atoms with Crippen LogP contribution in [0.4, 0.5) is 0 Å². The molecule has 0 aliphatic rings. The summed E-state index contributed by atoms with van der Waals surface area (Å²) in [5, 5.41) is 0.901. The van der Waals surface area contributed by atoms with Gasteiger partial charge in [-0.2, -0.15) is 0 Å². The molecule has 0 aromatic heterocycles. The van der Waals surface area contributed by atoms with Crippen molar-refractivity contribution in [3.63, 3.8) is 0 Å². The molecule has 20 heavy (non-hydrogen) atoms. The third kappa shape index (κ3) is 3.89. The molecule has 1 atom stereocenters. The van der Waals surface area contributed by atoms with Crippen LogP contribution in [0.15, 0.2) is 42.5 Å². The van der Waals surface area contributed by atoms with E-state index in [1.807, 2.05) is 24.3 Å².